The van der Waals surface area contributed by atoms with Crippen LogP contribution in [0.1, 0.15) is 6.92 Å². The van der Waals surface area contributed by atoms with Gasteiger partial charge in [0.1, 0.15) is 5.82 Å². The van der Waals surface area contributed by atoms with E-state index in [1.807, 2.05) is 12.1 Å². The Balaban J connectivity index is 1.94. The minimum atomic E-state index is -0.426. The number of amides is 1. The van der Waals surface area contributed by atoms with Crippen molar-refractivity contribution in [2.75, 3.05) is 31.1 Å². The standard InChI is InChI=1S/C12H17ClN4O/c1-9(14)12(18)17-6-4-16(5-7-17)11-3-2-10(13)8-15-11/h2-3,8-9H,4-7,14H2,1H3/t9-/m1/s1. The van der Waals surface area contributed by atoms with E-state index in [0.717, 1.165) is 18.9 Å². The van der Waals surface area contributed by atoms with Gasteiger partial charge in [-0.1, -0.05) is 11.6 Å². The Kier molecular flexibility index (Phi) is 4.04. The molecule has 1 atom stereocenters. The van der Waals surface area contributed by atoms with Gasteiger partial charge < -0.3 is 15.5 Å². The van der Waals surface area contributed by atoms with Crippen molar-refractivity contribution >= 4 is 23.3 Å². The van der Waals surface area contributed by atoms with Crippen LogP contribution in [0.2, 0.25) is 5.02 Å². The lowest BCUT2D eigenvalue weighted by atomic mass is 10.2. The van der Waals surface area contributed by atoms with E-state index in [1.165, 1.54) is 0 Å². The maximum Gasteiger partial charge on any atom is 0.239 e. The number of piperazine rings is 1. The second kappa shape index (κ2) is 5.54. The molecule has 2 heterocycles. The van der Waals surface area contributed by atoms with Crippen LogP contribution >= 0.6 is 11.6 Å². The lowest BCUT2D eigenvalue weighted by molar-refractivity contribution is -0.132. The fourth-order valence-electron chi connectivity index (χ4n) is 2.00. The topological polar surface area (TPSA) is 62.5 Å². The van der Waals surface area contributed by atoms with Crippen molar-refractivity contribution in [3.63, 3.8) is 0 Å². The normalized spacial score (nSPS) is 17.7. The molecule has 1 amide bonds. The first-order chi connectivity index (χ1) is 8.58. The second-order valence-electron chi connectivity index (χ2n) is 4.44. The summed E-state index contributed by atoms with van der Waals surface area (Å²) in [7, 11) is 0. The third-order valence-electron chi connectivity index (χ3n) is 3.02. The van der Waals surface area contributed by atoms with Crippen LogP contribution in [0.15, 0.2) is 18.3 Å². The highest BCUT2D eigenvalue weighted by atomic mass is 35.5. The van der Waals surface area contributed by atoms with Crippen molar-refractivity contribution in [1.29, 1.82) is 0 Å². The highest BCUT2D eigenvalue weighted by Crippen LogP contribution is 2.16. The van der Waals surface area contributed by atoms with Crippen LogP contribution < -0.4 is 10.6 Å². The Morgan fingerprint density at radius 2 is 2.06 bits per heavy atom. The van der Waals surface area contributed by atoms with Gasteiger partial charge in [-0.2, -0.15) is 0 Å². The van der Waals surface area contributed by atoms with Crippen molar-refractivity contribution in [1.82, 2.24) is 9.88 Å². The lowest BCUT2D eigenvalue weighted by Crippen LogP contribution is -2.52. The predicted molar refractivity (Wildman–Crippen MR) is 71.7 cm³/mol. The first-order valence-corrected chi connectivity index (χ1v) is 6.36. The van der Waals surface area contributed by atoms with E-state index in [2.05, 4.69) is 9.88 Å². The summed E-state index contributed by atoms with van der Waals surface area (Å²) in [4.78, 5) is 20.0. The van der Waals surface area contributed by atoms with Crippen LogP contribution in [-0.2, 0) is 4.79 Å². The van der Waals surface area contributed by atoms with Gasteiger partial charge in [0.2, 0.25) is 5.91 Å². The number of rotatable bonds is 2. The SMILES string of the molecule is C[C@@H](N)C(=O)N1CCN(c2ccc(Cl)cn2)CC1. The first-order valence-electron chi connectivity index (χ1n) is 5.99. The second-order valence-corrected chi connectivity index (χ2v) is 4.87. The van der Waals surface area contributed by atoms with E-state index in [4.69, 9.17) is 17.3 Å². The largest absolute Gasteiger partial charge is 0.353 e. The molecule has 1 aromatic rings. The van der Waals surface area contributed by atoms with Gasteiger partial charge in [0.05, 0.1) is 11.1 Å². The Hall–Kier alpha value is -1.33. The number of hydrogen-bond donors (Lipinski definition) is 1. The van der Waals surface area contributed by atoms with Crippen LogP contribution in [0, 0.1) is 0 Å². The van der Waals surface area contributed by atoms with Gasteiger partial charge in [0.15, 0.2) is 0 Å². The number of aromatic nitrogens is 1. The molecule has 1 saturated heterocycles. The van der Waals surface area contributed by atoms with Crippen molar-refractivity contribution in [3.8, 4) is 0 Å². The fraction of sp³-hybridized carbons (Fsp3) is 0.500. The smallest absolute Gasteiger partial charge is 0.239 e. The van der Waals surface area contributed by atoms with Crippen LogP contribution in [0.3, 0.4) is 0 Å². The molecule has 5 nitrogen and oxygen atoms in total. The summed E-state index contributed by atoms with van der Waals surface area (Å²) in [6, 6.07) is 3.29. The summed E-state index contributed by atoms with van der Waals surface area (Å²) in [5.74, 6) is 0.908. The summed E-state index contributed by atoms with van der Waals surface area (Å²) < 4.78 is 0. The van der Waals surface area contributed by atoms with Gasteiger partial charge in [-0.05, 0) is 19.1 Å². The molecule has 2 N–H and O–H groups in total. The maximum absolute atomic E-state index is 11.7. The number of pyridine rings is 1. The predicted octanol–water partition coefficient (Wildman–Crippen LogP) is 0.731. The summed E-state index contributed by atoms with van der Waals surface area (Å²) in [6.07, 6.45) is 1.64. The molecule has 0 aliphatic carbocycles. The molecule has 2 rings (SSSR count). The van der Waals surface area contributed by atoms with Gasteiger partial charge in [0, 0.05) is 32.4 Å². The van der Waals surface area contributed by atoms with E-state index in [-0.39, 0.29) is 5.91 Å². The Bertz CT molecular complexity index is 413. The number of nitrogens with zero attached hydrogens (tertiary/aromatic N) is 3. The molecule has 0 radical (unpaired) electrons. The number of nitrogens with two attached hydrogens (primary N) is 1. The summed E-state index contributed by atoms with van der Waals surface area (Å²) in [5, 5.41) is 0.629. The molecule has 6 heteroatoms. The highest BCUT2D eigenvalue weighted by Gasteiger charge is 2.23. The van der Waals surface area contributed by atoms with Crippen molar-refractivity contribution < 1.29 is 4.79 Å². The minimum absolute atomic E-state index is 0.0127. The molecule has 0 spiro atoms. The average Bonchev–Trinajstić information content (AvgIpc) is 2.39. The zero-order chi connectivity index (χ0) is 13.1. The first kappa shape index (κ1) is 13.1. The third-order valence-corrected chi connectivity index (χ3v) is 3.24. The molecular formula is C12H17ClN4O. The maximum atomic E-state index is 11.7. The quantitative estimate of drug-likeness (QED) is 0.859. The molecule has 1 aliphatic heterocycles. The molecule has 0 unspecified atom stereocenters. The van der Waals surface area contributed by atoms with Gasteiger partial charge in [-0.3, -0.25) is 4.79 Å². The number of carbonyl (C=O) groups is 1. The molecular weight excluding hydrogens is 252 g/mol. The molecule has 1 aliphatic rings. The van der Waals surface area contributed by atoms with Crippen LogP contribution in [-0.4, -0.2) is 48.0 Å². The third kappa shape index (κ3) is 2.91. The summed E-state index contributed by atoms with van der Waals surface area (Å²) in [5.41, 5.74) is 5.60. The summed E-state index contributed by atoms with van der Waals surface area (Å²) in [6.45, 7) is 4.63. The molecule has 1 aromatic heterocycles. The van der Waals surface area contributed by atoms with E-state index in [0.29, 0.717) is 18.1 Å². The molecule has 1 fully saturated rings. The summed E-state index contributed by atoms with van der Waals surface area (Å²) >= 11 is 5.80. The number of halogens is 1. The zero-order valence-electron chi connectivity index (χ0n) is 10.3. The van der Waals surface area contributed by atoms with Gasteiger partial charge in [-0.25, -0.2) is 4.98 Å². The van der Waals surface area contributed by atoms with Gasteiger partial charge in [0.25, 0.3) is 0 Å². The van der Waals surface area contributed by atoms with Crippen LogP contribution in [0.5, 0.6) is 0 Å². The minimum Gasteiger partial charge on any atom is -0.353 e. The van der Waals surface area contributed by atoms with Crippen LogP contribution in [0.4, 0.5) is 5.82 Å². The van der Waals surface area contributed by atoms with Crippen molar-refractivity contribution in [2.45, 2.75) is 13.0 Å². The Morgan fingerprint density at radius 3 is 2.56 bits per heavy atom. The Labute approximate surface area is 112 Å². The molecule has 98 valence electrons. The number of carbonyl (C=O) groups excluding carboxylic acids is 1. The van der Waals surface area contributed by atoms with E-state index < -0.39 is 6.04 Å². The number of hydrogen-bond acceptors (Lipinski definition) is 4. The van der Waals surface area contributed by atoms with Gasteiger partial charge in [-0.15, -0.1) is 0 Å². The molecule has 0 saturated carbocycles. The van der Waals surface area contributed by atoms with E-state index in [1.54, 1.807) is 18.0 Å². The zero-order valence-corrected chi connectivity index (χ0v) is 11.1. The van der Waals surface area contributed by atoms with E-state index in [9.17, 15) is 4.79 Å². The van der Waals surface area contributed by atoms with Gasteiger partial charge >= 0.3 is 0 Å². The van der Waals surface area contributed by atoms with E-state index >= 15 is 0 Å². The van der Waals surface area contributed by atoms with Crippen molar-refractivity contribution in [2.24, 2.45) is 5.73 Å². The Morgan fingerprint density at radius 1 is 1.39 bits per heavy atom. The lowest BCUT2D eigenvalue weighted by Gasteiger charge is -2.36. The average molecular weight is 269 g/mol. The highest BCUT2D eigenvalue weighted by molar-refractivity contribution is 6.30. The van der Waals surface area contributed by atoms with Crippen LogP contribution in [0.25, 0.3) is 0 Å². The molecule has 0 bridgehead atoms. The monoisotopic (exact) mass is 268 g/mol. The van der Waals surface area contributed by atoms with Crippen molar-refractivity contribution in [3.05, 3.63) is 23.4 Å². The number of anilines is 1. The molecule has 0 aromatic carbocycles. The molecule has 18 heavy (non-hydrogen) atoms. The fourth-order valence-corrected chi connectivity index (χ4v) is 2.11.